The van der Waals surface area contributed by atoms with Gasteiger partial charge in [0.25, 0.3) is 0 Å². The van der Waals surface area contributed by atoms with E-state index in [0.717, 1.165) is 17.4 Å². The molecule has 19 heavy (non-hydrogen) atoms. The zero-order valence-corrected chi connectivity index (χ0v) is 13.0. The Morgan fingerprint density at radius 3 is 2.79 bits per heavy atom. The molecule has 1 aromatic rings. The van der Waals surface area contributed by atoms with Crippen LogP contribution in [0.15, 0.2) is 10.7 Å². The van der Waals surface area contributed by atoms with Gasteiger partial charge in [-0.15, -0.1) is 0 Å². The highest BCUT2D eigenvalue weighted by Crippen LogP contribution is 2.19. The zero-order valence-electron chi connectivity index (χ0n) is 11.5. The molecule has 0 aliphatic carbocycles. The van der Waals surface area contributed by atoms with Crippen LogP contribution in [0.1, 0.15) is 27.2 Å². The zero-order chi connectivity index (χ0) is 14.3. The number of amides is 1. The molecule has 1 heterocycles. The molecule has 6 nitrogen and oxygen atoms in total. The van der Waals surface area contributed by atoms with Crippen molar-refractivity contribution in [3.05, 3.63) is 10.7 Å². The van der Waals surface area contributed by atoms with Crippen LogP contribution in [0.3, 0.4) is 0 Å². The third-order valence-corrected chi connectivity index (χ3v) is 2.72. The summed E-state index contributed by atoms with van der Waals surface area (Å²) in [4.78, 5) is 20.0. The molecule has 1 amide bonds. The molecule has 0 unspecified atom stereocenters. The molecule has 0 bridgehead atoms. The SMILES string of the molecule is CCCNc1ncc(Br)c(NCC(=O)NC(C)C)n1. The summed E-state index contributed by atoms with van der Waals surface area (Å²) in [5.41, 5.74) is 0. The van der Waals surface area contributed by atoms with Crippen molar-refractivity contribution in [3.63, 3.8) is 0 Å². The first-order valence-corrected chi connectivity index (χ1v) is 7.11. The molecule has 0 saturated carbocycles. The Kier molecular flexibility index (Phi) is 6.55. The third-order valence-electron chi connectivity index (χ3n) is 2.14. The van der Waals surface area contributed by atoms with Crippen LogP contribution < -0.4 is 16.0 Å². The maximum Gasteiger partial charge on any atom is 0.239 e. The molecule has 0 fully saturated rings. The fourth-order valence-corrected chi connectivity index (χ4v) is 1.68. The van der Waals surface area contributed by atoms with Gasteiger partial charge in [-0.3, -0.25) is 4.79 Å². The Morgan fingerprint density at radius 1 is 1.42 bits per heavy atom. The second kappa shape index (κ2) is 7.93. The van der Waals surface area contributed by atoms with Crippen molar-refractivity contribution in [2.24, 2.45) is 0 Å². The monoisotopic (exact) mass is 329 g/mol. The fourth-order valence-electron chi connectivity index (χ4n) is 1.35. The van der Waals surface area contributed by atoms with Gasteiger partial charge in [0.05, 0.1) is 11.0 Å². The Hall–Kier alpha value is -1.37. The molecule has 0 aliphatic rings. The summed E-state index contributed by atoms with van der Waals surface area (Å²) >= 11 is 3.35. The summed E-state index contributed by atoms with van der Waals surface area (Å²) in [5, 5.41) is 8.89. The first-order chi connectivity index (χ1) is 9.02. The van der Waals surface area contributed by atoms with Gasteiger partial charge in [-0.1, -0.05) is 6.92 Å². The molecule has 7 heteroatoms. The second-order valence-corrected chi connectivity index (χ2v) is 5.25. The minimum atomic E-state index is -0.0661. The van der Waals surface area contributed by atoms with Gasteiger partial charge < -0.3 is 16.0 Å². The van der Waals surface area contributed by atoms with Gasteiger partial charge in [-0.25, -0.2) is 4.98 Å². The molecule has 106 valence electrons. The Morgan fingerprint density at radius 2 is 2.16 bits per heavy atom. The third kappa shape index (κ3) is 5.87. The van der Waals surface area contributed by atoms with Gasteiger partial charge in [0.1, 0.15) is 5.82 Å². The predicted molar refractivity (Wildman–Crippen MR) is 80.3 cm³/mol. The van der Waals surface area contributed by atoms with Crippen molar-refractivity contribution < 1.29 is 4.79 Å². The average molecular weight is 330 g/mol. The highest BCUT2D eigenvalue weighted by Gasteiger charge is 2.07. The number of nitrogens with one attached hydrogen (secondary N) is 3. The highest BCUT2D eigenvalue weighted by molar-refractivity contribution is 9.10. The standard InChI is InChI=1S/C12H20BrN5O/c1-4-5-14-12-16-6-9(13)11(18-12)15-7-10(19)17-8(2)3/h6,8H,4-5,7H2,1-3H3,(H,17,19)(H2,14,15,16,18). The van der Waals surface area contributed by atoms with Crippen molar-refractivity contribution in [3.8, 4) is 0 Å². The maximum atomic E-state index is 11.5. The van der Waals surface area contributed by atoms with Gasteiger partial charge in [0.2, 0.25) is 11.9 Å². The smallest absolute Gasteiger partial charge is 0.239 e. The molecule has 0 radical (unpaired) electrons. The van der Waals surface area contributed by atoms with E-state index in [-0.39, 0.29) is 18.5 Å². The number of aromatic nitrogens is 2. The molecule has 1 rings (SSSR count). The van der Waals surface area contributed by atoms with Crippen molar-refractivity contribution in [1.82, 2.24) is 15.3 Å². The lowest BCUT2D eigenvalue weighted by atomic mass is 10.4. The van der Waals surface area contributed by atoms with Crippen molar-refractivity contribution in [1.29, 1.82) is 0 Å². The first-order valence-electron chi connectivity index (χ1n) is 6.32. The Balaban J connectivity index is 2.58. The van der Waals surface area contributed by atoms with E-state index in [1.807, 2.05) is 13.8 Å². The average Bonchev–Trinajstić information content (AvgIpc) is 2.35. The Bertz CT molecular complexity index is 425. The summed E-state index contributed by atoms with van der Waals surface area (Å²) in [6.45, 7) is 6.91. The lowest BCUT2D eigenvalue weighted by Gasteiger charge is -2.11. The summed E-state index contributed by atoms with van der Waals surface area (Å²) in [6, 6.07) is 0.130. The molecule has 3 N–H and O–H groups in total. The number of halogens is 1. The number of hydrogen-bond donors (Lipinski definition) is 3. The van der Waals surface area contributed by atoms with Crippen LogP contribution in [0.4, 0.5) is 11.8 Å². The molecule has 0 saturated heterocycles. The van der Waals surface area contributed by atoms with Crippen LogP contribution >= 0.6 is 15.9 Å². The first kappa shape index (κ1) is 15.7. The van der Waals surface area contributed by atoms with Crippen LogP contribution in [-0.2, 0) is 4.79 Å². The summed E-state index contributed by atoms with van der Waals surface area (Å²) in [7, 11) is 0. The van der Waals surface area contributed by atoms with Gasteiger partial charge >= 0.3 is 0 Å². The normalized spacial score (nSPS) is 10.4. The minimum Gasteiger partial charge on any atom is -0.360 e. The van der Waals surface area contributed by atoms with Crippen molar-refractivity contribution >= 4 is 33.6 Å². The number of carbonyl (C=O) groups is 1. The molecule has 0 aliphatic heterocycles. The van der Waals surface area contributed by atoms with Gasteiger partial charge in [0.15, 0.2) is 0 Å². The summed E-state index contributed by atoms with van der Waals surface area (Å²) < 4.78 is 0.729. The van der Waals surface area contributed by atoms with E-state index in [2.05, 4.69) is 48.8 Å². The van der Waals surface area contributed by atoms with Crippen molar-refractivity contribution in [2.75, 3.05) is 23.7 Å². The summed E-state index contributed by atoms with van der Waals surface area (Å²) in [5.74, 6) is 1.09. The number of nitrogens with zero attached hydrogens (tertiary/aromatic N) is 2. The summed E-state index contributed by atoms with van der Waals surface area (Å²) in [6.07, 6.45) is 2.66. The van der Waals surface area contributed by atoms with E-state index < -0.39 is 0 Å². The molecular formula is C12H20BrN5O. The van der Waals surface area contributed by atoms with E-state index in [0.29, 0.717) is 11.8 Å². The quantitative estimate of drug-likeness (QED) is 0.713. The number of hydrogen-bond acceptors (Lipinski definition) is 5. The molecule has 1 aromatic heterocycles. The highest BCUT2D eigenvalue weighted by atomic mass is 79.9. The largest absolute Gasteiger partial charge is 0.360 e. The van der Waals surface area contributed by atoms with Crippen LogP contribution in [-0.4, -0.2) is 35.0 Å². The topological polar surface area (TPSA) is 78.9 Å². The Labute approximate surface area is 121 Å². The van der Waals surface area contributed by atoms with E-state index >= 15 is 0 Å². The van der Waals surface area contributed by atoms with Crippen molar-refractivity contribution in [2.45, 2.75) is 33.2 Å². The molecule has 0 aromatic carbocycles. The van der Waals surface area contributed by atoms with E-state index in [4.69, 9.17) is 0 Å². The fraction of sp³-hybridized carbons (Fsp3) is 0.583. The number of carbonyl (C=O) groups excluding carboxylic acids is 1. The second-order valence-electron chi connectivity index (χ2n) is 4.39. The van der Waals surface area contributed by atoms with E-state index in [1.165, 1.54) is 0 Å². The van der Waals surface area contributed by atoms with Gasteiger partial charge in [-0.2, -0.15) is 4.98 Å². The molecular weight excluding hydrogens is 310 g/mol. The number of anilines is 2. The lowest BCUT2D eigenvalue weighted by Crippen LogP contribution is -2.35. The van der Waals surface area contributed by atoms with Crippen LogP contribution in [0.2, 0.25) is 0 Å². The van der Waals surface area contributed by atoms with E-state index in [1.54, 1.807) is 6.20 Å². The minimum absolute atomic E-state index is 0.0661. The molecule has 0 atom stereocenters. The lowest BCUT2D eigenvalue weighted by molar-refractivity contribution is -0.119. The number of rotatable bonds is 7. The van der Waals surface area contributed by atoms with Crippen LogP contribution in [0.25, 0.3) is 0 Å². The van der Waals surface area contributed by atoms with Crippen LogP contribution in [0.5, 0.6) is 0 Å². The van der Waals surface area contributed by atoms with E-state index in [9.17, 15) is 4.79 Å². The van der Waals surface area contributed by atoms with Crippen LogP contribution in [0, 0.1) is 0 Å². The maximum absolute atomic E-state index is 11.5. The van der Waals surface area contributed by atoms with Gasteiger partial charge in [0, 0.05) is 18.8 Å². The molecule has 0 spiro atoms. The predicted octanol–water partition coefficient (Wildman–Crippen LogP) is 2.00. The van der Waals surface area contributed by atoms with Gasteiger partial charge in [-0.05, 0) is 36.2 Å².